The van der Waals surface area contributed by atoms with Gasteiger partial charge in [0.15, 0.2) is 5.78 Å². The van der Waals surface area contributed by atoms with Gasteiger partial charge in [-0.15, -0.1) is 0 Å². The maximum absolute atomic E-state index is 12.7. The largest absolute Gasteiger partial charge is 0.508 e. The first-order chi connectivity index (χ1) is 10.2. The quantitative estimate of drug-likeness (QED) is 0.787. The smallest absolute Gasteiger partial charge is 0.171 e. The summed E-state index contributed by atoms with van der Waals surface area (Å²) in [6, 6.07) is 9.01. The van der Waals surface area contributed by atoms with Crippen LogP contribution in [0, 0.1) is 0 Å². The number of fused-ring (bicyclic) bond motifs is 3. The van der Waals surface area contributed by atoms with Crippen molar-refractivity contribution in [2.75, 3.05) is 0 Å². The molecule has 0 radical (unpaired) electrons. The summed E-state index contributed by atoms with van der Waals surface area (Å²) in [5.41, 5.74) is 0.354. The minimum absolute atomic E-state index is 0.148. The lowest BCUT2D eigenvalue weighted by Gasteiger charge is -2.41. The number of Topliss-reactive ketones (excluding diaryl/α,β-unsaturated/α-hetero) is 1. The Balaban J connectivity index is 1.86. The van der Waals surface area contributed by atoms with Crippen LogP contribution in [0.3, 0.4) is 0 Å². The van der Waals surface area contributed by atoms with E-state index in [-0.39, 0.29) is 17.1 Å². The summed E-state index contributed by atoms with van der Waals surface area (Å²) in [6.07, 6.45) is 5.91. The number of rotatable bonds is 0. The van der Waals surface area contributed by atoms with Crippen molar-refractivity contribution in [1.29, 1.82) is 0 Å². The standard InChI is InChI=1S/C18H18O3/c19-13-6-4-12-5-7-16-17(14(12)10-13)15(20)11-18(21-16)8-2-1-3-9-18/h4-7,10,19H,1-3,8-9,11H2. The highest BCUT2D eigenvalue weighted by Crippen LogP contribution is 2.44. The number of carbonyl (C=O) groups excluding carboxylic acids is 1. The predicted molar refractivity (Wildman–Crippen MR) is 81.0 cm³/mol. The van der Waals surface area contributed by atoms with Crippen LogP contribution < -0.4 is 4.74 Å². The number of carbonyl (C=O) groups is 1. The van der Waals surface area contributed by atoms with Crippen LogP contribution in [0.4, 0.5) is 0 Å². The summed E-state index contributed by atoms with van der Waals surface area (Å²) in [4.78, 5) is 12.7. The average Bonchev–Trinajstić information content (AvgIpc) is 2.47. The van der Waals surface area contributed by atoms with Gasteiger partial charge in [0, 0.05) is 0 Å². The maximum atomic E-state index is 12.7. The third-order valence-corrected chi connectivity index (χ3v) is 4.82. The molecule has 0 aromatic heterocycles. The molecular weight excluding hydrogens is 264 g/mol. The highest BCUT2D eigenvalue weighted by Gasteiger charge is 2.41. The number of benzene rings is 2. The van der Waals surface area contributed by atoms with Gasteiger partial charge in [0.2, 0.25) is 0 Å². The van der Waals surface area contributed by atoms with Crippen molar-refractivity contribution in [2.45, 2.75) is 44.1 Å². The first kappa shape index (κ1) is 12.7. The summed E-state index contributed by atoms with van der Waals surface area (Å²) < 4.78 is 6.28. The van der Waals surface area contributed by atoms with Crippen LogP contribution in [-0.4, -0.2) is 16.5 Å². The van der Waals surface area contributed by atoms with Gasteiger partial charge in [0.1, 0.15) is 17.1 Å². The van der Waals surface area contributed by atoms with Crippen molar-refractivity contribution in [3.05, 3.63) is 35.9 Å². The summed E-state index contributed by atoms with van der Waals surface area (Å²) in [5, 5.41) is 11.5. The molecule has 0 saturated heterocycles. The third-order valence-electron chi connectivity index (χ3n) is 4.82. The van der Waals surface area contributed by atoms with E-state index in [1.54, 1.807) is 12.1 Å². The van der Waals surface area contributed by atoms with Crippen molar-refractivity contribution in [2.24, 2.45) is 0 Å². The fraction of sp³-hybridized carbons (Fsp3) is 0.389. The molecule has 0 unspecified atom stereocenters. The van der Waals surface area contributed by atoms with Gasteiger partial charge in [-0.05, 0) is 54.7 Å². The van der Waals surface area contributed by atoms with Crippen molar-refractivity contribution < 1.29 is 14.6 Å². The van der Waals surface area contributed by atoms with Crippen molar-refractivity contribution in [3.8, 4) is 11.5 Å². The van der Waals surface area contributed by atoms with Gasteiger partial charge >= 0.3 is 0 Å². The van der Waals surface area contributed by atoms with Crippen molar-refractivity contribution >= 4 is 16.6 Å². The summed E-state index contributed by atoms with van der Waals surface area (Å²) in [7, 11) is 0. The summed E-state index contributed by atoms with van der Waals surface area (Å²) in [5.74, 6) is 1.02. The lowest BCUT2D eigenvalue weighted by Crippen LogP contribution is -2.43. The molecule has 0 bridgehead atoms. The number of phenolic OH excluding ortho intramolecular Hbond substituents is 1. The van der Waals surface area contributed by atoms with Gasteiger partial charge in [0.05, 0.1) is 12.0 Å². The SMILES string of the molecule is O=C1CC2(CCCCC2)Oc2ccc3ccc(O)cc3c21. The molecule has 0 atom stereocenters. The van der Waals surface area contributed by atoms with Gasteiger partial charge in [0.25, 0.3) is 0 Å². The predicted octanol–water partition coefficient (Wildman–Crippen LogP) is 4.21. The molecule has 1 aliphatic carbocycles. The molecule has 2 aromatic rings. The molecule has 2 aliphatic rings. The van der Waals surface area contributed by atoms with E-state index in [4.69, 9.17) is 4.74 Å². The number of phenols is 1. The minimum Gasteiger partial charge on any atom is -0.508 e. The second kappa shape index (κ2) is 4.48. The molecule has 3 nitrogen and oxygen atoms in total. The Kier molecular flexibility index (Phi) is 2.71. The molecule has 21 heavy (non-hydrogen) atoms. The van der Waals surface area contributed by atoms with Crippen molar-refractivity contribution in [3.63, 3.8) is 0 Å². The Hall–Kier alpha value is -2.03. The first-order valence-corrected chi connectivity index (χ1v) is 7.65. The normalized spacial score (nSPS) is 20.3. The van der Waals surface area contributed by atoms with Crippen LogP contribution in [-0.2, 0) is 0 Å². The highest BCUT2D eigenvalue weighted by atomic mass is 16.5. The highest BCUT2D eigenvalue weighted by molar-refractivity contribution is 6.11. The monoisotopic (exact) mass is 282 g/mol. The molecular formula is C18H18O3. The molecule has 1 spiro atoms. The zero-order chi connectivity index (χ0) is 14.4. The zero-order valence-electron chi connectivity index (χ0n) is 11.9. The molecule has 4 rings (SSSR count). The van der Waals surface area contributed by atoms with Gasteiger partial charge in [-0.2, -0.15) is 0 Å². The van der Waals surface area contributed by atoms with Crippen LogP contribution in [0.5, 0.6) is 11.5 Å². The number of aromatic hydroxyl groups is 1. The molecule has 1 aliphatic heterocycles. The summed E-state index contributed by atoms with van der Waals surface area (Å²) >= 11 is 0. The van der Waals surface area contributed by atoms with Crippen LogP contribution in [0.2, 0.25) is 0 Å². The van der Waals surface area contributed by atoms with E-state index in [0.29, 0.717) is 17.7 Å². The molecule has 2 aromatic carbocycles. The maximum Gasteiger partial charge on any atom is 0.171 e. The number of ether oxygens (including phenoxy) is 1. The number of hydrogen-bond donors (Lipinski definition) is 1. The van der Waals surface area contributed by atoms with E-state index in [2.05, 4.69) is 0 Å². The number of ketones is 1. The second-order valence-corrected chi connectivity index (χ2v) is 6.29. The zero-order valence-corrected chi connectivity index (χ0v) is 11.9. The third kappa shape index (κ3) is 1.99. The van der Waals surface area contributed by atoms with Gasteiger partial charge in [-0.3, -0.25) is 4.79 Å². The van der Waals surface area contributed by atoms with Crippen LogP contribution in [0.15, 0.2) is 30.3 Å². The fourth-order valence-electron chi connectivity index (χ4n) is 3.79. The molecule has 1 saturated carbocycles. The molecule has 108 valence electrons. The fourth-order valence-corrected chi connectivity index (χ4v) is 3.79. The van der Waals surface area contributed by atoms with Crippen LogP contribution in [0.25, 0.3) is 10.8 Å². The Morgan fingerprint density at radius 1 is 1.05 bits per heavy atom. The first-order valence-electron chi connectivity index (χ1n) is 7.65. The Morgan fingerprint density at radius 3 is 2.62 bits per heavy atom. The summed E-state index contributed by atoms with van der Waals surface area (Å²) in [6.45, 7) is 0. The molecule has 0 amide bonds. The topological polar surface area (TPSA) is 46.5 Å². The van der Waals surface area contributed by atoms with E-state index >= 15 is 0 Å². The van der Waals surface area contributed by atoms with E-state index in [1.807, 2.05) is 18.2 Å². The van der Waals surface area contributed by atoms with Gasteiger partial charge < -0.3 is 9.84 Å². The minimum atomic E-state index is -0.285. The average molecular weight is 282 g/mol. The van der Waals surface area contributed by atoms with Crippen LogP contribution >= 0.6 is 0 Å². The lowest BCUT2D eigenvalue weighted by molar-refractivity contribution is 0.0139. The lowest BCUT2D eigenvalue weighted by atomic mass is 9.78. The molecule has 3 heteroatoms. The van der Waals surface area contributed by atoms with E-state index < -0.39 is 0 Å². The van der Waals surface area contributed by atoms with E-state index in [1.165, 1.54) is 6.42 Å². The Morgan fingerprint density at radius 2 is 1.81 bits per heavy atom. The van der Waals surface area contributed by atoms with E-state index in [0.717, 1.165) is 36.5 Å². The molecule has 1 heterocycles. The van der Waals surface area contributed by atoms with Gasteiger partial charge in [-0.1, -0.05) is 18.6 Å². The van der Waals surface area contributed by atoms with Gasteiger partial charge in [-0.25, -0.2) is 0 Å². The molecule has 1 N–H and O–H groups in total. The van der Waals surface area contributed by atoms with Crippen LogP contribution in [0.1, 0.15) is 48.9 Å². The van der Waals surface area contributed by atoms with E-state index in [9.17, 15) is 9.90 Å². The van der Waals surface area contributed by atoms with Crippen molar-refractivity contribution in [1.82, 2.24) is 0 Å². The second-order valence-electron chi connectivity index (χ2n) is 6.29. The number of hydrogen-bond acceptors (Lipinski definition) is 3. The molecule has 1 fully saturated rings. The Bertz CT molecular complexity index is 727. The Labute approximate surface area is 123 Å².